The molecule has 2 amide bonds. The molecule has 0 atom stereocenters. The third-order valence-corrected chi connectivity index (χ3v) is 7.28. The van der Waals surface area contributed by atoms with Gasteiger partial charge in [-0.15, -0.1) is 0 Å². The molecule has 2 aromatic rings. The molecule has 0 aliphatic carbocycles. The minimum Gasteiger partial charge on any atom is -0.325 e. The normalized spacial score (nSPS) is 13.9. The lowest BCUT2D eigenvalue weighted by Crippen LogP contribution is -2.36. The molecule has 0 bridgehead atoms. The zero-order valence-electron chi connectivity index (χ0n) is 18.4. The van der Waals surface area contributed by atoms with Crippen molar-refractivity contribution in [2.24, 2.45) is 0 Å². The van der Waals surface area contributed by atoms with Gasteiger partial charge in [0.05, 0.1) is 11.4 Å². The second kappa shape index (κ2) is 9.20. The van der Waals surface area contributed by atoms with Crippen molar-refractivity contribution in [3.05, 3.63) is 53.6 Å². The Bertz CT molecular complexity index is 1080. The molecule has 0 saturated carbocycles. The van der Waals surface area contributed by atoms with Crippen molar-refractivity contribution < 1.29 is 18.0 Å². The summed E-state index contributed by atoms with van der Waals surface area (Å²) in [6, 6.07) is 12.3. The SMILES string of the molecule is CC(=O)N1CCCc2cc(S(=O)(=O)N(C)CC(=O)Nc3ccc(C(C)C)cc3)ccc21. The summed E-state index contributed by atoms with van der Waals surface area (Å²) >= 11 is 0. The lowest BCUT2D eigenvalue weighted by molar-refractivity contribution is -0.117. The van der Waals surface area contributed by atoms with Crippen molar-refractivity contribution in [3.8, 4) is 0 Å². The Hall–Kier alpha value is -2.71. The van der Waals surface area contributed by atoms with Crippen molar-refractivity contribution in [1.82, 2.24) is 4.31 Å². The zero-order chi connectivity index (χ0) is 22.8. The number of carbonyl (C=O) groups is 2. The molecule has 0 aromatic heterocycles. The van der Waals surface area contributed by atoms with E-state index in [4.69, 9.17) is 0 Å². The molecule has 1 N–H and O–H groups in total. The van der Waals surface area contributed by atoms with E-state index in [1.165, 1.54) is 20.0 Å². The number of hydrogen-bond donors (Lipinski definition) is 1. The second-order valence-corrected chi connectivity index (χ2v) is 10.2. The van der Waals surface area contributed by atoms with E-state index >= 15 is 0 Å². The Balaban J connectivity index is 1.71. The lowest BCUT2D eigenvalue weighted by Gasteiger charge is -2.29. The number of nitrogens with one attached hydrogen (secondary N) is 1. The molecule has 0 saturated heterocycles. The number of carbonyl (C=O) groups excluding carboxylic acids is 2. The van der Waals surface area contributed by atoms with E-state index in [0.29, 0.717) is 24.6 Å². The van der Waals surface area contributed by atoms with Crippen LogP contribution in [0, 0.1) is 0 Å². The van der Waals surface area contributed by atoms with Gasteiger partial charge in [0.25, 0.3) is 0 Å². The second-order valence-electron chi connectivity index (χ2n) is 8.15. The minimum atomic E-state index is -3.85. The molecule has 0 fully saturated rings. The van der Waals surface area contributed by atoms with Crippen LogP contribution in [0.5, 0.6) is 0 Å². The highest BCUT2D eigenvalue weighted by atomic mass is 32.2. The maximum absolute atomic E-state index is 13.0. The van der Waals surface area contributed by atoms with Crippen LogP contribution in [0.3, 0.4) is 0 Å². The predicted octanol–water partition coefficient (Wildman–Crippen LogP) is 3.37. The molecule has 31 heavy (non-hydrogen) atoms. The quantitative estimate of drug-likeness (QED) is 0.742. The minimum absolute atomic E-state index is 0.0632. The van der Waals surface area contributed by atoms with E-state index in [0.717, 1.165) is 27.5 Å². The van der Waals surface area contributed by atoms with Crippen LogP contribution in [0.4, 0.5) is 11.4 Å². The van der Waals surface area contributed by atoms with Gasteiger partial charge < -0.3 is 10.2 Å². The molecule has 8 heteroatoms. The first-order chi connectivity index (χ1) is 14.6. The number of likely N-dealkylation sites (N-methyl/N-ethyl adjacent to an activating group) is 1. The summed E-state index contributed by atoms with van der Waals surface area (Å²) in [5, 5.41) is 2.74. The van der Waals surface area contributed by atoms with Crippen LogP contribution in [-0.2, 0) is 26.0 Å². The molecule has 7 nitrogen and oxygen atoms in total. The van der Waals surface area contributed by atoms with Gasteiger partial charge in [0, 0.05) is 31.9 Å². The van der Waals surface area contributed by atoms with Crippen molar-refractivity contribution in [2.45, 2.75) is 44.4 Å². The monoisotopic (exact) mass is 443 g/mol. The summed E-state index contributed by atoms with van der Waals surface area (Å²) in [5.74, 6) is -0.0870. The molecule has 0 radical (unpaired) electrons. The van der Waals surface area contributed by atoms with Crippen LogP contribution in [0.2, 0.25) is 0 Å². The number of aryl methyl sites for hydroxylation is 1. The zero-order valence-corrected chi connectivity index (χ0v) is 19.2. The molecule has 1 aliphatic heterocycles. The number of amides is 2. The highest BCUT2D eigenvalue weighted by molar-refractivity contribution is 7.89. The fourth-order valence-corrected chi connectivity index (χ4v) is 4.86. The van der Waals surface area contributed by atoms with Crippen molar-refractivity contribution in [3.63, 3.8) is 0 Å². The number of anilines is 2. The summed E-state index contributed by atoms with van der Waals surface area (Å²) in [4.78, 5) is 26.0. The first kappa shape index (κ1) is 23.0. The van der Waals surface area contributed by atoms with Gasteiger partial charge in [0.1, 0.15) is 0 Å². The molecular weight excluding hydrogens is 414 g/mol. The van der Waals surface area contributed by atoms with Gasteiger partial charge in [-0.2, -0.15) is 4.31 Å². The van der Waals surface area contributed by atoms with E-state index in [2.05, 4.69) is 19.2 Å². The van der Waals surface area contributed by atoms with Crippen LogP contribution in [0.15, 0.2) is 47.4 Å². The van der Waals surface area contributed by atoms with E-state index in [9.17, 15) is 18.0 Å². The van der Waals surface area contributed by atoms with Crippen LogP contribution in [-0.4, -0.2) is 44.7 Å². The molecular formula is C23H29N3O4S. The molecule has 0 spiro atoms. The first-order valence-corrected chi connectivity index (χ1v) is 11.8. The molecule has 0 unspecified atom stereocenters. The van der Waals surface area contributed by atoms with E-state index in [1.807, 2.05) is 24.3 Å². The van der Waals surface area contributed by atoms with Crippen LogP contribution >= 0.6 is 0 Å². The lowest BCUT2D eigenvalue weighted by atomic mass is 10.0. The number of rotatable bonds is 6. The topological polar surface area (TPSA) is 86.8 Å². The summed E-state index contributed by atoms with van der Waals surface area (Å²) in [7, 11) is -2.46. The van der Waals surface area contributed by atoms with Gasteiger partial charge >= 0.3 is 0 Å². The first-order valence-electron chi connectivity index (χ1n) is 10.4. The van der Waals surface area contributed by atoms with E-state index in [-0.39, 0.29) is 17.3 Å². The van der Waals surface area contributed by atoms with Gasteiger partial charge in [-0.3, -0.25) is 9.59 Å². The number of fused-ring (bicyclic) bond motifs is 1. The van der Waals surface area contributed by atoms with E-state index in [1.54, 1.807) is 17.0 Å². The predicted molar refractivity (Wildman–Crippen MR) is 122 cm³/mol. The molecule has 2 aromatic carbocycles. The summed E-state index contributed by atoms with van der Waals surface area (Å²) in [6.45, 7) is 6.01. The van der Waals surface area contributed by atoms with Gasteiger partial charge in [0.2, 0.25) is 21.8 Å². The van der Waals surface area contributed by atoms with Crippen molar-refractivity contribution in [2.75, 3.05) is 30.4 Å². The standard InChI is InChI=1S/C23H29N3O4S/c1-16(2)18-7-9-20(10-8-18)24-23(28)15-25(4)31(29,30)21-11-12-22-19(14-21)6-5-13-26(22)17(3)27/h7-12,14,16H,5-6,13,15H2,1-4H3,(H,24,28). The largest absolute Gasteiger partial charge is 0.325 e. The summed E-state index contributed by atoms with van der Waals surface area (Å²) < 4.78 is 27.1. The Morgan fingerprint density at radius 1 is 1.13 bits per heavy atom. The fourth-order valence-electron chi connectivity index (χ4n) is 3.68. The maximum atomic E-state index is 13.0. The third-order valence-electron chi connectivity index (χ3n) is 5.49. The van der Waals surface area contributed by atoms with Crippen molar-refractivity contribution in [1.29, 1.82) is 0 Å². The highest BCUT2D eigenvalue weighted by Gasteiger charge is 2.26. The fraction of sp³-hybridized carbons (Fsp3) is 0.391. The summed E-state index contributed by atoms with van der Waals surface area (Å²) in [5.41, 5.74) is 3.36. The van der Waals surface area contributed by atoms with E-state index < -0.39 is 15.9 Å². The van der Waals surface area contributed by atoms with Crippen LogP contribution in [0.25, 0.3) is 0 Å². The Morgan fingerprint density at radius 3 is 2.42 bits per heavy atom. The smallest absolute Gasteiger partial charge is 0.243 e. The average molecular weight is 444 g/mol. The average Bonchev–Trinajstić information content (AvgIpc) is 2.72. The Morgan fingerprint density at radius 2 is 1.81 bits per heavy atom. The number of hydrogen-bond acceptors (Lipinski definition) is 4. The Kier molecular flexibility index (Phi) is 6.81. The van der Waals surface area contributed by atoms with Gasteiger partial charge in [0.15, 0.2) is 0 Å². The van der Waals surface area contributed by atoms with Crippen molar-refractivity contribution >= 4 is 33.2 Å². The molecule has 1 heterocycles. The third kappa shape index (κ3) is 5.14. The van der Waals surface area contributed by atoms with Crippen LogP contribution < -0.4 is 10.2 Å². The van der Waals surface area contributed by atoms with Crippen LogP contribution in [0.1, 0.15) is 44.2 Å². The number of sulfonamides is 1. The summed E-state index contributed by atoms with van der Waals surface area (Å²) in [6.07, 6.45) is 1.49. The molecule has 3 rings (SSSR count). The van der Waals surface area contributed by atoms with Gasteiger partial charge in [-0.1, -0.05) is 26.0 Å². The number of nitrogens with zero attached hydrogens (tertiary/aromatic N) is 2. The molecule has 1 aliphatic rings. The number of benzene rings is 2. The van der Waals surface area contributed by atoms with Gasteiger partial charge in [-0.05, 0) is 60.2 Å². The van der Waals surface area contributed by atoms with Gasteiger partial charge in [-0.25, -0.2) is 8.42 Å². The maximum Gasteiger partial charge on any atom is 0.243 e. The Labute approximate surface area is 184 Å². The molecule has 166 valence electrons. The highest BCUT2D eigenvalue weighted by Crippen LogP contribution is 2.30.